The molecule has 0 aliphatic heterocycles. The second-order valence-corrected chi connectivity index (χ2v) is 4.86. The summed E-state index contributed by atoms with van der Waals surface area (Å²) in [5.74, 6) is 1.50. The molecule has 1 rings (SSSR count). The van der Waals surface area contributed by atoms with Gasteiger partial charge in [-0.25, -0.2) is 0 Å². The minimum Gasteiger partial charge on any atom is -0.497 e. The van der Waals surface area contributed by atoms with Crippen LogP contribution in [0.25, 0.3) is 0 Å². The quantitative estimate of drug-likeness (QED) is 0.780. The fraction of sp³-hybridized carbons (Fsp3) is 0.571. The molecule has 0 amide bonds. The predicted octanol–water partition coefficient (Wildman–Crippen LogP) is 1.95. The third-order valence-electron chi connectivity index (χ3n) is 2.42. The van der Waals surface area contributed by atoms with Gasteiger partial charge in [-0.15, -0.1) is 0 Å². The lowest BCUT2D eigenvalue weighted by Crippen LogP contribution is -2.28. The van der Waals surface area contributed by atoms with Crippen LogP contribution in [-0.4, -0.2) is 31.0 Å². The van der Waals surface area contributed by atoms with E-state index in [2.05, 4.69) is 12.2 Å². The first-order valence-electron chi connectivity index (χ1n) is 6.19. The fourth-order valence-corrected chi connectivity index (χ4v) is 1.46. The Hall–Kier alpha value is -1.26. The van der Waals surface area contributed by atoms with Crippen molar-refractivity contribution in [3.05, 3.63) is 23.8 Å². The van der Waals surface area contributed by atoms with Gasteiger partial charge in [-0.05, 0) is 26.5 Å². The van der Waals surface area contributed by atoms with Crippen LogP contribution in [0, 0.1) is 0 Å². The average molecular weight is 253 g/mol. The van der Waals surface area contributed by atoms with Crippen LogP contribution in [0.4, 0.5) is 0 Å². The molecule has 0 unspecified atom stereocenters. The standard InChI is InChI=1S/C14H23NO3/c1-5-15-9-11-6-7-12(17-4)8-13(11)18-10-14(2,3)16/h6-8,15-16H,5,9-10H2,1-4H3. The molecule has 0 spiro atoms. The molecular weight excluding hydrogens is 230 g/mol. The van der Waals surface area contributed by atoms with Gasteiger partial charge in [0.25, 0.3) is 0 Å². The van der Waals surface area contributed by atoms with E-state index >= 15 is 0 Å². The highest BCUT2D eigenvalue weighted by molar-refractivity contribution is 5.40. The van der Waals surface area contributed by atoms with E-state index in [1.54, 1.807) is 21.0 Å². The number of ether oxygens (including phenoxy) is 2. The maximum atomic E-state index is 9.70. The van der Waals surface area contributed by atoms with Gasteiger partial charge in [-0.2, -0.15) is 0 Å². The Morgan fingerprint density at radius 1 is 1.33 bits per heavy atom. The molecule has 0 heterocycles. The van der Waals surface area contributed by atoms with Crippen molar-refractivity contribution in [1.29, 1.82) is 0 Å². The summed E-state index contributed by atoms with van der Waals surface area (Å²) in [5, 5.41) is 13.0. The Morgan fingerprint density at radius 3 is 2.61 bits per heavy atom. The number of methoxy groups -OCH3 is 1. The molecule has 4 heteroatoms. The molecular formula is C14H23NO3. The number of rotatable bonds is 7. The van der Waals surface area contributed by atoms with Crippen LogP contribution in [0.3, 0.4) is 0 Å². The Labute approximate surface area is 109 Å². The van der Waals surface area contributed by atoms with Gasteiger partial charge in [0, 0.05) is 18.2 Å². The van der Waals surface area contributed by atoms with E-state index in [0.29, 0.717) is 0 Å². The van der Waals surface area contributed by atoms with Gasteiger partial charge in [-0.3, -0.25) is 0 Å². The molecule has 0 radical (unpaired) electrons. The first kappa shape index (κ1) is 14.8. The van der Waals surface area contributed by atoms with Crippen molar-refractivity contribution in [2.24, 2.45) is 0 Å². The SMILES string of the molecule is CCNCc1ccc(OC)cc1OCC(C)(C)O. The van der Waals surface area contributed by atoms with E-state index < -0.39 is 5.60 Å². The van der Waals surface area contributed by atoms with Crippen molar-refractivity contribution in [2.75, 3.05) is 20.3 Å². The van der Waals surface area contributed by atoms with Gasteiger partial charge in [0.15, 0.2) is 0 Å². The van der Waals surface area contributed by atoms with E-state index in [1.165, 1.54) is 0 Å². The molecule has 0 atom stereocenters. The third kappa shape index (κ3) is 4.94. The van der Waals surface area contributed by atoms with Crippen molar-refractivity contribution in [3.63, 3.8) is 0 Å². The summed E-state index contributed by atoms with van der Waals surface area (Å²) in [6.45, 7) is 7.38. The maximum absolute atomic E-state index is 9.70. The summed E-state index contributed by atoms with van der Waals surface area (Å²) in [4.78, 5) is 0. The minimum absolute atomic E-state index is 0.249. The molecule has 0 aromatic heterocycles. The van der Waals surface area contributed by atoms with Crippen molar-refractivity contribution >= 4 is 0 Å². The molecule has 0 aliphatic rings. The third-order valence-corrected chi connectivity index (χ3v) is 2.42. The zero-order valence-corrected chi connectivity index (χ0v) is 11.6. The van der Waals surface area contributed by atoms with E-state index in [9.17, 15) is 5.11 Å². The molecule has 0 bridgehead atoms. The van der Waals surface area contributed by atoms with Gasteiger partial charge in [0.2, 0.25) is 0 Å². The summed E-state index contributed by atoms with van der Waals surface area (Å²) in [7, 11) is 1.62. The van der Waals surface area contributed by atoms with Crippen LogP contribution in [0.2, 0.25) is 0 Å². The van der Waals surface area contributed by atoms with Crippen LogP contribution >= 0.6 is 0 Å². The van der Waals surface area contributed by atoms with Crippen LogP contribution in [0.15, 0.2) is 18.2 Å². The molecule has 0 saturated heterocycles. The second kappa shape index (κ2) is 6.61. The van der Waals surface area contributed by atoms with Crippen LogP contribution < -0.4 is 14.8 Å². The van der Waals surface area contributed by atoms with Crippen molar-refractivity contribution in [2.45, 2.75) is 32.9 Å². The molecule has 1 aromatic rings. The first-order chi connectivity index (χ1) is 8.46. The van der Waals surface area contributed by atoms with Gasteiger partial charge in [-0.1, -0.05) is 13.0 Å². The summed E-state index contributed by atoms with van der Waals surface area (Å²) < 4.78 is 10.9. The highest BCUT2D eigenvalue weighted by Crippen LogP contribution is 2.25. The summed E-state index contributed by atoms with van der Waals surface area (Å²) >= 11 is 0. The molecule has 102 valence electrons. The predicted molar refractivity (Wildman–Crippen MR) is 72.2 cm³/mol. The normalized spacial score (nSPS) is 11.4. The molecule has 0 aliphatic carbocycles. The Bertz CT molecular complexity index is 372. The van der Waals surface area contributed by atoms with Gasteiger partial charge in [0.05, 0.1) is 12.7 Å². The molecule has 0 fully saturated rings. The largest absolute Gasteiger partial charge is 0.497 e. The number of hydrogen-bond donors (Lipinski definition) is 2. The number of hydrogen-bond acceptors (Lipinski definition) is 4. The number of benzene rings is 1. The smallest absolute Gasteiger partial charge is 0.127 e. The Morgan fingerprint density at radius 2 is 2.06 bits per heavy atom. The molecule has 2 N–H and O–H groups in total. The molecule has 18 heavy (non-hydrogen) atoms. The molecule has 0 saturated carbocycles. The Balaban J connectivity index is 2.82. The summed E-state index contributed by atoms with van der Waals surface area (Å²) in [6.07, 6.45) is 0. The topological polar surface area (TPSA) is 50.7 Å². The van der Waals surface area contributed by atoms with E-state index in [-0.39, 0.29) is 6.61 Å². The van der Waals surface area contributed by atoms with Crippen molar-refractivity contribution in [1.82, 2.24) is 5.32 Å². The minimum atomic E-state index is -0.849. The highest BCUT2D eigenvalue weighted by Gasteiger charge is 2.15. The van der Waals surface area contributed by atoms with E-state index in [1.807, 2.05) is 18.2 Å². The average Bonchev–Trinajstić information content (AvgIpc) is 2.33. The van der Waals surface area contributed by atoms with Gasteiger partial charge >= 0.3 is 0 Å². The van der Waals surface area contributed by atoms with Crippen molar-refractivity contribution in [3.8, 4) is 11.5 Å². The monoisotopic (exact) mass is 253 g/mol. The lowest BCUT2D eigenvalue weighted by atomic mass is 10.1. The zero-order chi connectivity index (χ0) is 13.6. The van der Waals surface area contributed by atoms with Crippen LogP contribution in [-0.2, 0) is 6.54 Å². The van der Waals surface area contributed by atoms with Crippen molar-refractivity contribution < 1.29 is 14.6 Å². The summed E-state index contributed by atoms with van der Waals surface area (Å²) in [5.41, 5.74) is 0.209. The number of aliphatic hydroxyl groups is 1. The summed E-state index contributed by atoms with van der Waals surface area (Å²) in [6, 6.07) is 5.73. The maximum Gasteiger partial charge on any atom is 0.127 e. The second-order valence-electron chi connectivity index (χ2n) is 4.86. The Kier molecular flexibility index (Phi) is 5.44. The lowest BCUT2D eigenvalue weighted by molar-refractivity contribution is 0.0280. The van der Waals surface area contributed by atoms with E-state index in [4.69, 9.17) is 9.47 Å². The highest BCUT2D eigenvalue weighted by atomic mass is 16.5. The van der Waals surface area contributed by atoms with E-state index in [0.717, 1.165) is 30.2 Å². The van der Waals surface area contributed by atoms with Gasteiger partial charge in [0.1, 0.15) is 18.1 Å². The molecule has 1 aromatic carbocycles. The number of nitrogens with one attached hydrogen (secondary N) is 1. The van der Waals surface area contributed by atoms with Crippen LogP contribution in [0.1, 0.15) is 26.3 Å². The van der Waals surface area contributed by atoms with Crippen LogP contribution in [0.5, 0.6) is 11.5 Å². The first-order valence-corrected chi connectivity index (χ1v) is 6.19. The van der Waals surface area contributed by atoms with Gasteiger partial charge < -0.3 is 19.9 Å². The zero-order valence-electron chi connectivity index (χ0n) is 11.6. The molecule has 4 nitrogen and oxygen atoms in total. The fourth-order valence-electron chi connectivity index (χ4n) is 1.46. The lowest BCUT2D eigenvalue weighted by Gasteiger charge is -2.20.